The summed E-state index contributed by atoms with van der Waals surface area (Å²) in [7, 11) is 0. The lowest BCUT2D eigenvalue weighted by Gasteiger charge is -2.37. The van der Waals surface area contributed by atoms with E-state index in [1.165, 1.54) is 0 Å². The smallest absolute Gasteiger partial charge is 0.317 e. The van der Waals surface area contributed by atoms with Gasteiger partial charge in [0.1, 0.15) is 0 Å². The van der Waals surface area contributed by atoms with Crippen molar-refractivity contribution in [2.24, 2.45) is 23.7 Å². The Morgan fingerprint density at radius 1 is 0.593 bits per heavy atom. The van der Waals surface area contributed by atoms with Gasteiger partial charge in [-0.15, -0.1) is 0 Å². The molecule has 27 heavy (non-hydrogen) atoms. The first-order chi connectivity index (χ1) is 12.8. The molecule has 2 N–H and O–H groups in total. The normalized spacial score (nSPS) is 31.9. The molecule has 0 heterocycles. The lowest BCUT2D eigenvalue weighted by Crippen LogP contribution is -2.41. The van der Waals surface area contributed by atoms with Crippen LogP contribution in [0.5, 0.6) is 0 Å². The van der Waals surface area contributed by atoms with Gasteiger partial charge in [0.25, 0.3) is 0 Å². The average Bonchev–Trinajstić information content (AvgIpc) is 2.56. The molecule has 4 aliphatic carbocycles. The van der Waals surface area contributed by atoms with Crippen molar-refractivity contribution in [1.29, 1.82) is 0 Å². The summed E-state index contributed by atoms with van der Waals surface area (Å²) in [5.74, 6) is -7.31. The number of rotatable bonds is 4. The molecule has 7 heteroatoms. The number of ether oxygens (including phenoxy) is 1. The molecule has 7 nitrogen and oxygen atoms in total. The van der Waals surface area contributed by atoms with Gasteiger partial charge in [0.2, 0.25) is 0 Å². The second kappa shape index (κ2) is 6.62. The van der Waals surface area contributed by atoms with Crippen LogP contribution in [0, 0.1) is 23.7 Å². The van der Waals surface area contributed by atoms with E-state index in [1.807, 2.05) is 0 Å². The van der Waals surface area contributed by atoms with Crippen LogP contribution in [-0.2, 0) is 23.9 Å². The second-order valence-corrected chi connectivity index (χ2v) is 8.07. The Balaban J connectivity index is 1.47. The van der Waals surface area contributed by atoms with Gasteiger partial charge in [-0.25, -0.2) is 0 Å². The molecule has 4 unspecified atom stereocenters. The molecule has 0 aromatic heterocycles. The Bertz CT molecular complexity index is 737. The van der Waals surface area contributed by atoms with E-state index in [-0.39, 0.29) is 0 Å². The van der Waals surface area contributed by atoms with Crippen molar-refractivity contribution in [1.82, 2.24) is 0 Å². The van der Waals surface area contributed by atoms with E-state index in [4.69, 9.17) is 4.74 Å². The van der Waals surface area contributed by atoms with E-state index in [1.54, 1.807) is 0 Å². The number of esters is 2. The van der Waals surface area contributed by atoms with Crippen LogP contribution >= 0.6 is 0 Å². The fraction of sp³-hybridized carbons (Fsp3) is 0.600. The molecule has 0 saturated carbocycles. The minimum absolute atomic E-state index is 0.320. The van der Waals surface area contributed by atoms with Crippen LogP contribution in [0.15, 0.2) is 22.3 Å². The van der Waals surface area contributed by atoms with Gasteiger partial charge in [-0.3, -0.25) is 19.2 Å². The molecular formula is C20H22O7. The first-order valence-corrected chi connectivity index (χ1v) is 9.45. The molecule has 4 atom stereocenters. The average molecular weight is 374 g/mol. The molecule has 0 spiro atoms. The molecule has 0 fully saturated rings. The zero-order valence-corrected chi connectivity index (χ0v) is 14.9. The molecule has 0 saturated heterocycles. The van der Waals surface area contributed by atoms with E-state index in [0.717, 1.165) is 48.0 Å². The summed E-state index contributed by atoms with van der Waals surface area (Å²) in [6.45, 7) is 0. The second-order valence-electron chi connectivity index (χ2n) is 8.07. The number of hydrogen-bond acceptors (Lipinski definition) is 5. The monoisotopic (exact) mass is 374 g/mol. The number of carboxylic acids is 2. The number of allylic oxidation sites excluding steroid dienone is 4. The number of carbonyl (C=O) groups excluding carboxylic acids is 2. The van der Waals surface area contributed by atoms with Crippen LogP contribution in [0.3, 0.4) is 0 Å². The van der Waals surface area contributed by atoms with E-state index in [2.05, 4.69) is 0 Å². The zero-order valence-electron chi connectivity index (χ0n) is 14.9. The molecule has 144 valence electrons. The standard InChI is InChI=1S/C20H22O7/c21-17(22)13-5-9-1-3-11(9)7-15(13)19(25)27-20(26)16-8-12-4-2-10(12)6-14(16)18(23)24/h13-16H,1-8H2,(H,21,22)(H,23,24). The van der Waals surface area contributed by atoms with Crippen molar-refractivity contribution in [2.45, 2.75) is 51.4 Å². The van der Waals surface area contributed by atoms with Gasteiger partial charge < -0.3 is 14.9 Å². The maximum Gasteiger partial charge on any atom is 0.317 e. The summed E-state index contributed by atoms with van der Waals surface area (Å²) in [4.78, 5) is 48.3. The molecule has 0 bridgehead atoms. The highest BCUT2D eigenvalue weighted by atomic mass is 16.6. The van der Waals surface area contributed by atoms with Crippen LogP contribution in [0.1, 0.15) is 51.4 Å². The van der Waals surface area contributed by atoms with Crippen molar-refractivity contribution < 1.29 is 34.1 Å². The van der Waals surface area contributed by atoms with Crippen molar-refractivity contribution in [2.75, 3.05) is 0 Å². The van der Waals surface area contributed by atoms with Crippen LogP contribution in [0.4, 0.5) is 0 Å². The maximum atomic E-state index is 12.6. The van der Waals surface area contributed by atoms with E-state index in [0.29, 0.717) is 25.7 Å². The largest absolute Gasteiger partial charge is 0.481 e. The van der Waals surface area contributed by atoms with E-state index < -0.39 is 47.5 Å². The molecule has 4 aliphatic rings. The molecule has 4 rings (SSSR count). The maximum absolute atomic E-state index is 12.6. The predicted molar refractivity (Wildman–Crippen MR) is 91.3 cm³/mol. The molecular weight excluding hydrogens is 352 g/mol. The van der Waals surface area contributed by atoms with E-state index in [9.17, 15) is 29.4 Å². The van der Waals surface area contributed by atoms with Gasteiger partial charge in [0, 0.05) is 0 Å². The first kappa shape index (κ1) is 17.9. The number of carbonyl (C=O) groups is 4. The minimum Gasteiger partial charge on any atom is -0.481 e. The lowest BCUT2D eigenvalue weighted by atomic mass is 9.68. The summed E-state index contributed by atoms with van der Waals surface area (Å²) in [5, 5.41) is 18.9. The Hall–Kier alpha value is -2.44. The predicted octanol–water partition coefficient (Wildman–Crippen LogP) is 2.46. The van der Waals surface area contributed by atoms with Crippen molar-refractivity contribution in [3.8, 4) is 0 Å². The molecule has 0 aliphatic heterocycles. The van der Waals surface area contributed by atoms with Crippen molar-refractivity contribution in [3.63, 3.8) is 0 Å². The molecule has 0 amide bonds. The van der Waals surface area contributed by atoms with Gasteiger partial charge >= 0.3 is 23.9 Å². The summed E-state index contributed by atoms with van der Waals surface area (Å²) in [5.41, 5.74) is 4.43. The minimum atomic E-state index is -1.06. The molecule has 0 radical (unpaired) electrons. The summed E-state index contributed by atoms with van der Waals surface area (Å²) >= 11 is 0. The third-order valence-corrected chi connectivity index (χ3v) is 6.73. The highest BCUT2D eigenvalue weighted by Crippen LogP contribution is 2.46. The van der Waals surface area contributed by atoms with E-state index >= 15 is 0 Å². The van der Waals surface area contributed by atoms with Gasteiger partial charge in [-0.2, -0.15) is 0 Å². The van der Waals surface area contributed by atoms with Gasteiger partial charge in [-0.05, 0) is 51.4 Å². The first-order valence-electron chi connectivity index (χ1n) is 9.45. The molecule has 0 aromatic rings. The SMILES string of the molecule is O=C(O)C1CC2=C(CC2)CC1C(=O)OC(=O)C1CC2=C(CC2)CC1C(=O)O. The zero-order chi connectivity index (χ0) is 19.3. The van der Waals surface area contributed by atoms with Crippen molar-refractivity contribution in [3.05, 3.63) is 22.3 Å². The Morgan fingerprint density at radius 3 is 1.15 bits per heavy atom. The van der Waals surface area contributed by atoms with Gasteiger partial charge in [0.05, 0.1) is 23.7 Å². The number of hydrogen-bond donors (Lipinski definition) is 2. The lowest BCUT2D eigenvalue weighted by molar-refractivity contribution is -0.173. The van der Waals surface area contributed by atoms with Crippen LogP contribution in [-0.4, -0.2) is 34.1 Å². The number of carboxylic acid groups (broad SMARTS) is 2. The summed E-state index contributed by atoms with van der Waals surface area (Å²) in [6, 6.07) is 0. The van der Waals surface area contributed by atoms with Crippen molar-refractivity contribution >= 4 is 23.9 Å². The quantitative estimate of drug-likeness (QED) is 0.441. The summed E-state index contributed by atoms with van der Waals surface area (Å²) in [6.07, 6.45) is 4.77. The highest BCUT2D eigenvalue weighted by Gasteiger charge is 2.46. The Labute approximate surface area is 156 Å². The number of aliphatic carboxylic acids is 2. The van der Waals surface area contributed by atoms with Crippen LogP contribution in [0.2, 0.25) is 0 Å². The Kier molecular flexibility index (Phi) is 4.40. The third kappa shape index (κ3) is 3.09. The molecule has 0 aromatic carbocycles. The van der Waals surface area contributed by atoms with Gasteiger partial charge in [0.15, 0.2) is 0 Å². The highest BCUT2D eigenvalue weighted by molar-refractivity contribution is 5.92. The van der Waals surface area contributed by atoms with Gasteiger partial charge in [-0.1, -0.05) is 22.3 Å². The van der Waals surface area contributed by atoms with Crippen LogP contribution < -0.4 is 0 Å². The Morgan fingerprint density at radius 2 is 0.889 bits per heavy atom. The topological polar surface area (TPSA) is 118 Å². The van der Waals surface area contributed by atoms with Crippen LogP contribution in [0.25, 0.3) is 0 Å². The third-order valence-electron chi connectivity index (χ3n) is 6.73. The summed E-state index contributed by atoms with van der Waals surface area (Å²) < 4.78 is 5.06. The fourth-order valence-electron chi connectivity index (χ4n) is 4.84. The fourth-order valence-corrected chi connectivity index (χ4v) is 4.84.